The molecule has 158 valence electrons. The normalized spacial score (nSPS) is 14.4. The molecular weight excluding hydrogens is 414 g/mol. The highest BCUT2D eigenvalue weighted by molar-refractivity contribution is 6.30. The number of benzene rings is 3. The minimum atomic E-state index is -1.08. The second-order valence-corrected chi connectivity index (χ2v) is 8.09. The Balaban J connectivity index is 1.59. The first kappa shape index (κ1) is 21.1. The molecule has 5 nitrogen and oxygen atoms in total. The highest BCUT2D eigenvalue weighted by Crippen LogP contribution is 2.44. The van der Waals surface area contributed by atoms with E-state index in [9.17, 15) is 14.7 Å². The molecule has 0 radical (unpaired) electrons. The van der Waals surface area contributed by atoms with Crippen LogP contribution in [0.3, 0.4) is 0 Å². The van der Waals surface area contributed by atoms with E-state index in [1.54, 1.807) is 24.3 Å². The minimum Gasteiger partial charge on any atom is -0.481 e. The van der Waals surface area contributed by atoms with Crippen LogP contribution in [0.15, 0.2) is 72.8 Å². The van der Waals surface area contributed by atoms with Crippen LogP contribution in [0.5, 0.6) is 0 Å². The van der Waals surface area contributed by atoms with E-state index in [-0.39, 0.29) is 18.9 Å². The Labute approximate surface area is 185 Å². The van der Waals surface area contributed by atoms with Crippen molar-refractivity contribution in [2.75, 3.05) is 6.61 Å². The van der Waals surface area contributed by atoms with E-state index in [1.165, 1.54) is 0 Å². The predicted molar refractivity (Wildman–Crippen MR) is 119 cm³/mol. The summed E-state index contributed by atoms with van der Waals surface area (Å²) >= 11 is 6.09. The lowest BCUT2D eigenvalue weighted by atomic mass is 9.90. The summed E-state index contributed by atoms with van der Waals surface area (Å²) in [5, 5.41) is 9.62. The van der Waals surface area contributed by atoms with Crippen LogP contribution in [0.1, 0.15) is 34.9 Å². The number of ether oxygens (including phenoxy) is 1. The lowest BCUT2D eigenvalue weighted by molar-refractivity contribution is -0.146. The molecule has 1 aliphatic carbocycles. The van der Waals surface area contributed by atoms with Gasteiger partial charge < -0.3 is 15.6 Å². The highest BCUT2D eigenvalue weighted by atomic mass is 35.5. The number of nitrogens with two attached hydrogens (primary N) is 1. The van der Waals surface area contributed by atoms with Crippen LogP contribution >= 0.6 is 11.6 Å². The van der Waals surface area contributed by atoms with Gasteiger partial charge in [0.2, 0.25) is 0 Å². The molecule has 0 bridgehead atoms. The SMILES string of the molecule is N[C@H](CC(=O)O)C(C(=O)OCC1c2ccccc2-c2ccccc21)c1cccc(Cl)c1. The van der Waals surface area contributed by atoms with Crippen LogP contribution in [-0.4, -0.2) is 29.7 Å². The second-order valence-electron chi connectivity index (χ2n) is 7.65. The molecule has 0 spiro atoms. The van der Waals surface area contributed by atoms with Gasteiger partial charge >= 0.3 is 11.9 Å². The van der Waals surface area contributed by atoms with Crippen LogP contribution in [0, 0.1) is 0 Å². The lowest BCUT2D eigenvalue weighted by Crippen LogP contribution is -2.37. The molecule has 0 aromatic heterocycles. The van der Waals surface area contributed by atoms with Gasteiger partial charge in [0, 0.05) is 17.0 Å². The van der Waals surface area contributed by atoms with Gasteiger partial charge in [0.25, 0.3) is 0 Å². The highest BCUT2D eigenvalue weighted by Gasteiger charge is 2.33. The molecular formula is C25H22ClNO4. The molecule has 0 amide bonds. The van der Waals surface area contributed by atoms with Gasteiger partial charge in [0.15, 0.2) is 0 Å². The molecule has 0 saturated carbocycles. The molecule has 3 aromatic carbocycles. The average Bonchev–Trinajstić information content (AvgIpc) is 3.06. The Morgan fingerprint density at radius 2 is 1.58 bits per heavy atom. The van der Waals surface area contributed by atoms with E-state index in [1.807, 2.05) is 36.4 Å². The maximum atomic E-state index is 13.1. The number of esters is 1. The summed E-state index contributed by atoms with van der Waals surface area (Å²) < 4.78 is 5.74. The maximum Gasteiger partial charge on any atom is 0.315 e. The molecule has 3 aromatic rings. The minimum absolute atomic E-state index is 0.0907. The Hall–Kier alpha value is -3.15. The van der Waals surface area contributed by atoms with Gasteiger partial charge in [-0.3, -0.25) is 9.59 Å². The number of rotatable bonds is 7. The van der Waals surface area contributed by atoms with Crippen molar-refractivity contribution in [3.63, 3.8) is 0 Å². The fourth-order valence-electron chi connectivity index (χ4n) is 4.27. The molecule has 0 saturated heterocycles. The number of hydrogen-bond donors (Lipinski definition) is 2. The lowest BCUT2D eigenvalue weighted by Gasteiger charge is -2.23. The number of carbonyl (C=O) groups is 2. The maximum absolute atomic E-state index is 13.1. The van der Waals surface area contributed by atoms with Crippen LogP contribution in [0.4, 0.5) is 0 Å². The van der Waals surface area contributed by atoms with Gasteiger partial charge in [-0.15, -0.1) is 0 Å². The van der Waals surface area contributed by atoms with Crippen molar-refractivity contribution in [1.82, 2.24) is 0 Å². The smallest absolute Gasteiger partial charge is 0.315 e. The molecule has 1 aliphatic rings. The predicted octanol–water partition coefficient (Wildman–Crippen LogP) is 4.58. The van der Waals surface area contributed by atoms with Crippen molar-refractivity contribution in [2.24, 2.45) is 5.73 Å². The van der Waals surface area contributed by atoms with Crippen molar-refractivity contribution >= 4 is 23.5 Å². The zero-order chi connectivity index (χ0) is 22.0. The number of carboxylic acid groups (broad SMARTS) is 1. The largest absolute Gasteiger partial charge is 0.481 e. The van der Waals surface area contributed by atoms with Gasteiger partial charge in [-0.05, 0) is 39.9 Å². The van der Waals surface area contributed by atoms with Crippen molar-refractivity contribution in [3.8, 4) is 11.1 Å². The molecule has 4 rings (SSSR count). The standard InChI is InChI=1S/C25H22ClNO4/c26-16-7-5-6-15(12-16)24(22(27)13-23(28)29)25(30)31-14-21-19-10-3-1-8-17(19)18-9-2-4-11-20(18)21/h1-12,21-22,24H,13-14,27H2,(H,28,29)/t22-,24?/m1/s1. The van der Waals surface area contributed by atoms with Gasteiger partial charge in [-0.2, -0.15) is 0 Å². The molecule has 3 N–H and O–H groups in total. The first-order chi connectivity index (χ1) is 15.0. The first-order valence-electron chi connectivity index (χ1n) is 10.0. The summed E-state index contributed by atoms with van der Waals surface area (Å²) in [5.41, 5.74) is 11.1. The summed E-state index contributed by atoms with van der Waals surface area (Å²) in [6.07, 6.45) is -0.360. The van der Waals surface area contributed by atoms with Crippen LogP contribution in [0.2, 0.25) is 5.02 Å². The Kier molecular flexibility index (Phi) is 6.07. The third-order valence-electron chi connectivity index (χ3n) is 5.66. The van der Waals surface area contributed by atoms with E-state index in [0.29, 0.717) is 10.6 Å². The van der Waals surface area contributed by atoms with E-state index >= 15 is 0 Å². The molecule has 2 atom stereocenters. The molecule has 0 fully saturated rings. The van der Waals surface area contributed by atoms with Gasteiger partial charge in [0.05, 0.1) is 12.3 Å². The monoisotopic (exact) mass is 435 g/mol. The summed E-state index contributed by atoms with van der Waals surface area (Å²) in [6.45, 7) is 0.143. The third-order valence-corrected chi connectivity index (χ3v) is 5.89. The Morgan fingerprint density at radius 3 is 2.16 bits per heavy atom. The summed E-state index contributed by atoms with van der Waals surface area (Å²) in [4.78, 5) is 24.3. The second kappa shape index (κ2) is 8.92. The molecule has 0 aliphatic heterocycles. The van der Waals surface area contributed by atoms with Crippen molar-refractivity contribution in [3.05, 3.63) is 94.5 Å². The van der Waals surface area contributed by atoms with Crippen LogP contribution < -0.4 is 5.73 Å². The molecule has 1 unspecified atom stereocenters. The number of aliphatic carboxylic acids is 1. The Morgan fingerprint density at radius 1 is 0.968 bits per heavy atom. The Bertz CT molecular complexity index is 1080. The quantitative estimate of drug-likeness (QED) is 0.530. The summed E-state index contributed by atoms with van der Waals surface area (Å²) in [5.74, 6) is -2.65. The summed E-state index contributed by atoms with van der Waals surface area (Å²) in [7, 11) is 0. The number of carboxylic acids is 1. The van der Waals surface area contributed by atoms with Gasteiger partial charge in [-0.1, -0.05) is 72.3 Å². The zero-order valence-corrected chi connectivity index (χ0v) is 17.5. The van der Waals surface area contributed by atoms with Crippen molar-refractivity contribution < 1.29 is 19.4 Å². The zero-order valence-electron chi connectivity index (χ0n) is 16.7. The van der Waals surface area contributed by atoms with Gasteiger partial charge in [-0.25, -0.2) is 0 Å². The average molecular weight is 436 g/mol. The molecule has 0 heterocycles. The van der Waals surface area contributed by atoms with E-state index in [0.717, 1.165) is 22.3 Å². The van der Waals surface area contributed by atoms with Crippen LogP contribution in [-0.2, 0) is 14.3 Å². The van der Waals surface area contributed by atoms with E-state index in [4.69, 9.17) is 22.1 Å². The number of halogens is 1. The van der Waals surface area contributed by atoms with E-state index < -0.39 is 23.9 Å². The first-order valence-corrected chi connectivity index (χ1v) is 10.4. The summed E-state index contributed by atoms with van der Waals surface area (Å²) in [6, 6.07) is 21.9. The number of hydrogen-bond acceptors (Lipinski definition) is 4. The third kappa shape index (κ3) is 4.33. The van der Waals surface area contributed by atoms with Crippen molar-refractivity contribution in [1.29, 1.82) is 0 Å². The van der Waals surface area contributed by atoms with Crippen molar-refractivity contribution in [2.45, 2.75) is 24.3 Å². The van der Waals surface area contributed by atoms with E-state index in [2.05, 4.69) is 12.1 Å². The van der Waals surface area contributed by atoms with Gasteiger partial charge in [0.1, 0.15) is 6.61 Å². The number of carbonyl (C=O) groups excluding carboxylic acids is 1. The number of fused-ring (bicyclic) bond motifs is 3. The molecule has 6 heteroatoms. The fraction of sp³-hybridized carbons (Fsp3) is 0.200. The van der Waals surface area contributed by atoms with Crippen LogP contribution in [0.25, 0.3) is 11.1 Å². The molecule has 31 heavy (non-hydrogen) atoms. The fourth-order valence-corrected chi connectivity index (χ4v) is 4.47. The topological polar surface area (TPSA) is 89.6 Å².